The topological polar surface area (TPSA) is 0 Å². The highest BCUT2D eigenvalue weighted by Crippen LogP contribution is 2.28. The quantitative estimate of drug-likeness (QED) is 0.540. The van der Waals surface area contributed by atoms with Crippen molar-refractivity contribution in [3.63, 3.8) is 0 Å². The number of hydrogen-bond donors (Lipinski definition) is 0. The fourth-order valence-electron chi connectivity index (χ4n) is 1.08. The minimum atomic E-state index is -3.86. The molecule has 0 unspecified atom stereocenters. The van der Waals surface area contributed by atoms with E-state index < -0.39 is 18.8 Å². The van der Waals surface area contributed by atoms with Crippen LogP contribution in [0.15, 0.2) is 30.3 Å². The summed E-state index contributed by atoms with van der Waals surface area (Å²) in [6.07, 6.45) is -4.34. The van der Waals surface area contributed by atoms with E-state index in [1.807, 2.05) is 30.3 Å². The molecule has 0 bridgehead atoms. The van der Waals surface area contributed by atoms with Gasteiger partial charge in [-0.1, -0.05) is 30.3 Å². The van der Waals surface area contributed by atoms with Crippen molar-refractivity contribution in [1.29, 1.82) is 0 Å². The lowest BCUT2D eigenvalue weighted by Crippen LogP contribution is -2.26. The van der Waals surface area contributed by atoms with Gasteiger partial charge in [-0.15, -0.1) is 0 Å². The lowest BCUT2D eigenvalue weighted by atomic mass is 10.2. The summed E-state index contributed by atoms with van der Waals surface area (Å²) < 4.78 is 48.6. The monoisotopic (exact) mass is 252 g/mol. The second-order valence-electron chi connectivity index (χ2n) is 3.35. The first-order valence-corrected chi connectivity index (χ1v) is 5.95. The predicted octanol–water partition coefficient (Wildman–Crippen LogP) is 4.21. The van der Waals surface area contributed by atoms with Crippen molar-refractivity contribution < 1.29 is 17.6 Å². The van der Waals surface area contributed by atoms with Crippen LogP contribution >= 0.6 is 11.8 Å². The summed E-state index contributed by atoms with van der Waals surface area (Å²) in [4.78, 5) is 0. The first kappa shape index (κ1) is 13.4. The average molecular weight is 252 g/mol. The Morgan fingerprint density at radius 2 is 1.75 bits per heavy atom. The fourth-order valence-corrected chi connectivity index (χ4v) is 2.07. The van der Waals surface area contributed by atoms with Gasteiger partial charge in [-0.05, 0) is 11.3 Å². The molecule has 1 aromatic carbocycles. The van der Waals surface area contributed by atoms with Crippen LogP contribution in [-0.4, -0.2) is 18.1 Å². The summed E-state index contributed by atoms with van der Waals surface area (Å²) in [7, 11) is 0. The van der Waals surface area contributed by atoms with Crippen molar-refractivity contribution in [3.05, 3.63) is 35.9 Å². The normalized spacial score (nSPS) is 12.1. The molecule has 0 amide bonds. The number of alkyl halides is 4. The van der Waals surface area contributed by atoms with Gasteiger partial charge in [0.1, 0.15) is 0 Å². The second-order valence-corrected chi connectivity index (χ2v) is 4.46. The van der Waals surface area contributed by atoms with Crippen LogP contribution in [0.1, 0.15) is 12.0 Å². The van der Waals surface area contributed by atoms with E-state index >= 15 is 0 Å². The smallest absolute Gasteiger partial charge is 0.204 e. The molecule has 0 radical (unpaired) electrons. The third kappa shape index (κ3) is 4.43. The highest BCUT2D eigenvalue weighted by Gasteiger charge is 2.39. The van der Waals surface area contributed by atoms with Crippen LogP contribution in [0, 0.1) is 0 Å². The summed E-state index contributed by atoms with van der Waals surface area (Å²) in [5, 5.41) is 0. The van der Waals surface area contributed by atoms with Gasteiger partial charge >= 0.3 is 12.3 Å². The van der Waals surface area contributed by atoms with Crippen molar-refractivity contribution in [1.82, 2.24) is 0 Å². The first-order valence-electron chi connectivity index (χ1n) is 4.80. The van der Waals surface area contributed by atoms with Crippen molar-refractivity contribution in [3.8, 4) is 0 Å². The standard InChI is InChI=1S/C11H12F4S/c12-10(13)11(14,15)6-7-16-8-9-4-2-1-3-5-9/h1-5,10H,6-8H2. The van der Waals surface area contributed by atoms with Crippen molar-refractivity contribution in [2.75, 3.05) is 5.75 Å². The molecule has 0 heterocycles. The Labute approximate surface area is 96.0 Å². The van der Waals surface area contributed by atoms with Crippen LogP contribution in [0.4, 0.5) is 17.6 Å². The number of thioether (sulfide) groups is 1. The van der Waals surface area contributed by atoms with Crippen LogP contribution in [-0.2, 0) is 5.75 Å². The third-order valence-electron chi connectivity index (χ3n) is 2.01. The number of rotatable bonds is 6. The SMILES string of the molecule is FC(F)C(F)(F)CCSCc1ccccc1. The summed E-state index contributed by atoms with van der Waals surface area (Å²) in [6, 6.07) is 9.31. The van der Waals surface area contributed by atoms with E-state index in [9.17, 15) is 17.6 Å². The molecule has 0 aliphatic carbocycles. The molecule has 90 valence electrons. The number of hydrogen-bond acceptors (Lipinski definition) is 1. The Bertz CT molecular complexity index is 300. The van der Waals surface area contributed by atoms with Gasteiger partial charge in [0, 0.05) is 12.2 Å². The van der Waals surface area contributed by atoms with Gasteiger partial charge in [-0.2, -0.15) is 11.8 Å². The van der Waals surface area contributed by atoms with Crippen molar-refractivity contribution in [2.45, 2.75) is 24.5 Å². The maximum atomic E-state index is 12.5. The Kier molecular flexibility index (Phi) is 5.12. The van der Waals surface area contributed by atoms with Gasteiger partial charge in [-0.3, -0.25) is 0 Å². The molecular formula is C11H12F4S. The van der Waals surface area contributed by atoms with Crippen LogP contribution in [0.3, 0.4) is 0 Å². The minimum absolute atomic E-state index is 0.0340. The molecule has 0 aliphatic rings. The van der Waals surface area contributed by atoms with E-state index in [2.05, 4.69) is 0 Å². The lowest BCUT2D eigenvalue weighted by molar-refractivity contribution is -0.129. The molecule has 0 fully saturated rings. The van der Waals surface area contributed by atoms with E-state index in [1.54, 1.807) is 0 Å². The highest BCUT2D eigenvalue weighted by molar-refractivity contribution is 7.98. The average Bonchev–Trinajstić information content (AvgIpc) is 2.26. The van der Waals surface area contributed by atoms with E-state index in [0.717, 1.165) is 5.56 Å². The van der Waals surface area contributed by atoms with Gasteiger partial charge in [0.05, 0.1) is 0 Å². The zero-order chi connectivity index (χ0) is 12.0. The molecule has 0 saturated heterocycles. The van der Waals surface area contributed by atoms with Crippen LogP contribution < -0.4 is 0 Å². The molecule has 5 heteroatoms. The fraction of sp³-hybridized carbons (Fsp3) is 0.455. The molecule has 0 N–H and O–H groups in total. The highest BCUT2D eigenvalue weighted by atomic mass is 32.2. The summed E-state index contributed by atoms with van der Waals surface area (Å²) >= 11 is 1.24. The van der Waals surface area contributed by atoms with Crippen molar-refractivity contribution in [2.24, 2.45) is 0 Å². The molecule has 0 nitrogen and oxygen atoms in total. The third-order valence-corrected chi connectivity index (χ3v) is 3.04. The molecule has 0 aliphatic heterocycles. The minimum Gasteiger partial charge on any atom is -0.204 e. The van der Waals surface area contributed by atoms with E-state index in [-0.39, 0.29) is 5.75 Å². The van der Waals surface area contributed by atoms with Gasteiger partial charge in [0.2, 0.25) is 0 Å². The predicted molar refractivity (Wildman–Crippen MR) is 58.2 cm³/mol. The van der Waals surface area contributed by atoms with E-state index in [1.165, 1.54) is 11.8 Å². The maximum Gasteiger partial charge on any atom is 0.308 e. The molecule has 1 rings (SSSR count). The van der Waals surface area contributed by atoms with E-state index in [0.29, 0.717) is 5.75 Å². The number of benzene rings is 1. The molecule has 0 spiro atoms. The Balaban J connectivity index is 2.22. The van der Waals surface area contributed by atoms with Crippen molar-refractivity contribution >= 4 is 11.8 Å². The van der Waals surface area contributed by atoms with Crippen LogP contribution in [0.25, 0.3) is 0 Å². The molecule has 0 aromatic heterocycles. The van der Waals surface area contributed by atoms with E-state index in [4.69, 9.17) is 0 Å². The zero-order valence-corrected chi connectivity index (χ0v) is 9.32. The zero-order valence-electron chi connectivity index (χ0n) is 8.51. The molecule has 0 saturated carbocycles. The Morgan fingerprint density at radius 3 is 2.31 bits per heavy atom. The molecule has 1 aromatic rings. The summed E-state index contributed by atoms with van der Waals surface area (Å²) in [5.74, 6) is -3.25. The Morgan fingerprint density at radius 1 is 1.12 bits per heavy atom. The second kappa shape index (κ2) is 6.13. The Hall–Kier alpha value is -0.710. The molecule has 0 atom stereocenters. The first-order chi connectivity index (χ1) is 7.52. The van der Waals surface area contributed by atoms with Gasteiger partial charge in [-0.25, -0.2) is 17.6 Å². The van der Waals surface area contributed by atoms with Crippen LogP contribution in [0.5, 0.6) is 0 Å². The molecular weight excluding hydrogens is 240 g/mol. The summed E-state index contributed by atoms with van der Waals surface area (Å²) in [5.41, 5.74) is 1.01. The maximum absolute atomic E-state index is 12.5. The van der Waals surface area contributed by atoms with Gasteiger partial charge in [0.25, 0.3) is 0 Å². The molecule has 16 heavy (non-hydrogen) atoms. The summed E-state index contributed by atoms with van der Waals surface area (Å²) in [6.45, 7) is 0. The van der Waals surface area contributed by atoms with Crippen LogP contribution in [0.2, 0.25) is 0 Å². The van der Waals surface area contributed by atoms with Gasteiger partial charge in [0.15, 0.2) is 0 Å². The lowest BCUT2D eigenvalue weighted by Gasteiger charge is -2.14. The van der Waals surface area contributed by atoms with Gasteiger partial charge < -0.3 is 0 Å². The largest absolute Gasteiger partial charge is 0.308 e. The number of halogens is 4.